The molecule has 0 saturated heterocycles. The van der Waals surface area contributed by atoms with E-state index in [-0.39, 0.29) is 25.0 Å². The van der Waals surface area contributed by atoms with Crippen molar-refractivity contribution < 1.29 is 14.3 Å². The van der Waals surface area contributed by atoms with E-state index in [9.17, 15) is 9.59 Å². The maximum absolute atomic E-state index is 12.5. The number of amides is 2. The fraction of sp³-hybridized carbons (Fsp3) is 0.227. The van der Waals surface area contributed by atoms with Crippen LogP contribution < -0.4 is 15.0 Å². The van der Waals surface area contributed by atoms with Gasteiger partial charge in [0.1, 0.15) is 12.3 Å². The maximum Gasteiger partial charge on any atom is 0.265 e. The summed E-state index contributed by atoms with van der Waals surface area (Å²) in [5.74, 6) is 0.130. The number of hydrogen-bond acceptors (Lipinski definition) is 5. The van der Waals surface area contributed by atoms with E-state index in [4.69, 9.17) is 4.74 Å². The van der Waals surface area contributed by atoms with Crippen LogP contribution in [0.5, 0.6) is 5.75 Å². The van der Waals surface area contributed by atoms with Crippen molar-refractivity contribution in [3.05, 3.63) is 64.0 Å². The number of hydrogen-bond donors (Lipinski definition) is 1. The fourth-order valence-electron chi connectivity index (χ4n) is 3.32. The molecule has 1 aliphatic rings. The van der Waals surface area contributed by atoms with Gasteiger partial charge in [0.25, 0.3) is 5.91 Å². The van der Waals surface area contributed by atoms with Crippen molar-refractivity contribution in [2.45, 2.75) is 20.4 Å². The molecule has 148 valence electrons. The normalized spacial score (nSPS) is 13.0. The number of rotatable bonds is 5. The monoisotopic (exact) mass is 407 g/mol. The molecule has 6 nitrogen and oxygen atoms in total. The molecule has 2 aromatic carbocycles. The Kier molecular flexibility index (Phi) is 5.31. The molecule has 0 radical (unpaired) electrons. The van der Waals surface area contributed by atoms with Gasteiger partial charge in [-0.25, -0.2) is 4.98 Å². The number of fused-ring (bicyclic) bond motifs is 1. The highest BCUT2D eigenvalue weighted by atomic mass is 32.1. The van der Waals surface area contributed by atoms with E-state index in [1.807, 2.05) is 62.4 Å². The van der Waals surface area contributed by atoms with Crippen molar-refractivity contribution in [3.63, 3.8) is 0 Å². The average molecular weight is 407 g/mol. The van der Waals surface area contributed by atoms with Crippen LogP contribution in [0.2, 0.25) is 0 Å². The molecule has 0 bridgehead atoms. The number of carbonyl (C=O) groups excluding carboxylic acids is 2. The number of thiazole rings is 1. The third-order valence-electron chi connectivity index (χ3n) is 4.71. The molecule has 2 amide bonds. The molecule has 0 unspecified atom stereocenters. The molecular weight excluding hydrogens is 386 g/mol. The Balaban J connectivity index is 1.55. The molecule has 3 aromatic rings. The molecule has 7 heteroatoms. The van der Waals surface area contributed by atoms with E-state index < -0.39 is 0 Å². The second kappa shape index (κ2) is 8.05. The summed E-state index contributed by atoms with van der Waals surface area (Å²) in [6.45, 7) is 4.28. The molecule has 29 heavy (non-hydrogen) atoms. The quantitative estimate of drug-likeness (QED) is 0.703. The lowest BCUT2D eigenvalue weighted by Gasteiger charge is -2.29. The Labute approximate surface area is 173 Å². The van der Waals surface area contributed by atoms with Crippen LogP contribution in [-0.2, 0) is 16.1 Å². The predicted octanol–water partition coefficient (Wildman–Crippen LogP) is 3.47. The lowest BCUT2D eigenvalue weighted by Crippen LogP contribution is -2.45. The number of nitrogens with zero attached hydrogens (tertiary/aromatic N) is 2. The highest BCUT2D eigenvalue weighted by Crippen LogP contribution is 2.37. The number of aryl methyl sites for hydroxylation is 2. The smallest absolute Gasteiger partial charge is 0.265 e. The topological polar surface area (TPSA) is 71.5 Å². The van der Waals surface area contributed by atoms with Gasteiger partial charge in [0, 0.05) is 17.0 Å². The van der Waals surface area contributed by atoms with Gasteiger partial charge in [0.2, 0.25) is 5.91 Å². The Morgan fingerprint density at radius 1 is 1.21 bits per heavy atom. The number of aromatic nitrogens is 1. The van der Waals surface area contributed by atoms with Crippen LogP contribution in [-0.4, -0.2) is 29.9 Å². The van der Waals surface area contributed by atoms with E-state index in [0.717, 1.165) is 26.7 Å². The summed E-state index contributed by atoms with van der Waals surface area (Å²) in [5, 5.41) is 3.86. The van der Waals surface area contributed by atoms with Crippen LogP contribution in [0.15, 0.2) is 48.5 Å². The number of nitrogens with one attached hydrogen (secondary N) is 1. The summed E-state index contributed by atoms with van der Waals surface area (Å²) in [6.07, 6.45) is 0. The molecular formula is C22H21N3O3S. The highest BCUT2D eigenvalue weighted by Gasteiger charge is 2.28. The molecule has 2 heterocycles. The molecule has 1 aromatic heterocycles. The zero-order valence-corrected chi connectivity index (χ0v) is 17.1. The van der Waals surface area contributed by atoms with Gasteiger partial charge in [0.15, 0.2) is 6.61 Å². The summed E-state index contributed by atoms with van der Waals surface area (Å²) in [6, 6.07) is 15.3. The highest BCUT2D eigenvalue weighted by molar-refractivity contribution is 7.11. The summed E-state index contributed by atoms with van der Waals surface area (Å²) in [5.41, 5.74) is 3.39. The van der Waals surface area contributed by atoms with Crippen molar-refractivity contribution in [2.75, 3.05) is 18.1 Å². The van der Waals surface area contributed by atoms with Crippen LogP contribution >= 0.6 is 11.3 Å². The Morgan fingerprint density at radius 3 is 2.72 bits per heavy atom. The number of anilines is 1. The van der Waals surface area contributed by atoms with E-state index >= 15 is 0 Å². The molecule has 1 aliphatic heterocycles. The van der Waals surface area contributed by atoms with Crippen molar-refractivity contribution in [2.24, 2.45) is 0 Å². The van der Waals surface area contributed by atoms with Gasteiger partial charge >= 0.3 is 0 Å². The minimum atomic E-state index is -0.240. The minimum Gasteiger partial charge on any atom is -0.482 e. The third kappa shape index (κ3) is 4.14. The lowest BCUT2D eigenvalue weighted by molar-refractivity contribution is -0.125. The van der Waals surface area contributed by atoms with Crippen LogP contribution in [0.4, 0.5) is 5.69 Å². The van der Waals surface area contributed by atoms with Crippen LogP contribution in [0.3, 0.4) is 0 Å². The SMILES string of the molecule is Cc1nc(-c2ccc3c(c2)N(CC(=O)NCc2ccccc2)C(=O)CO3)c(C)s1. The van der Waals surface area contributed by atoms with Gasteiger partial charge in [-0.05, 0) is 37.6 Å². The molecule has 0 atom stereocenters. The van der Waals surface area contributed by atoms with Crippen molar-refractivity contribution >= 4 is 28.8 Å². The van der Waals surface area contributed by atoms with Crippen molar-refractivity contribution in [3.8, 4) is 17.0 Å². The van der Waals surface area contributed by atoms with Gasteiger partial charge in [-0.1, -0.05) is 30.3 Å². The Morgan fingerprint density at radius 2 is 2.00 bits per heavy atom. The first kappa shape index (κ1) is 19.1. The number of ether oxygens (including phenoxy) is 1. The standard InChI is InChI=1S/C22H21N3O3S/c1-14-22(24-15(2)29-14)17-8-9-19-18(10-17)25(21(27)13-28-19)12-20(26)23-11-16-6-4-3-5-7-16/h3-10H,11-13H2,1-2H3,(H,23,26). The van der Waals surface area contributed by atoms with E-state index in [1.54, 1.807) is 11.3 Å². The molecule has 0 fully saturated rings. The maximum atomic E-state index is 12.5. The van der Waals surface area contributed by atoms with E-state index in [0.29, 0.717) is 18.0 Å². The molecule has 0 aliphatic carbocycles. The first-order valence-corrected chi connectivity index (χ1v) is 10.1. The zero-order chi connectivity index (χ0) is 20.4. The summed E-state index contributed by atoms with van der Waals surface area (Å²) in [7, 11) is 0. The largest absolute Gasteiger partial charge is 0.482 e. The first-order chi connectivity index (χ1) is 14.0. The summed E-state index contributed by atoms with van der Waals surface area (Å²) < 4.78 is 5.56. The van der Waals surface area contributed by atoms with Crippen LogP contribution in [0.1, 0.15) is 15.4 Å². The zero-order valence-electron chi connectivity index (χ0n) is 16.3. The number of benzene rings is 2. The Hall–Kier alpha value is -3.19. The fourth-order valence-corrected chi connectivity index (χ4v) is 4.16. The van der Waals surface area contributed by atoms with E-state index in [1.165, 1.54) is 4.90 Å². The summed E-state index contributed by atoms with van der Waals surface area (Å²) >= 11 is 1.63. The lowest BCUT2D eigenvalue weighted by atomic mass is 10.1. The average Bonchev–Trinajstić information content (AvgIpc) is 3.07. The molecule has 1 N–H and O–H groups in total. The van der Waals surface area contributed by atoms with Crippen molar-refractivity contribution in [1.82, 2.24) is 10.3 Å². The molecule has 4 rings (SSSR count). The molecule has 0 saturated carbocycles. The predicted molar refractivity (Wildman–Crippen MR) is 113 cm³/mol. The Bertz CT molecular complexity index is 1060. The summed E-state index contributed by atoms with van der Waals surface area (Å²) in [4.78, 5) is 32.2. The second-order valence-corrected chi connectivity index (χ2v) is 8.26. The van der Waals surface area contributed by atoms with Gasteiger partial charge < -0.3 is 10.1 Å². The van der Waals surface area contributed by atoms with E-state index in [2.05, 4.69) is 10.3 Å². The van der Waals surface area contributed by atoms with Gasteiger partial charge in [0.05, 0.1) is 16.4 Å². The third-order valence-corrected chi connectivity index (χ3v) is 5.60. The van der Waals surface area contributed by atoms with Gasteiger partial charge in [-0.3, -0.25) is 14.5 Å². The van der Waals surface area contributed by atoms with Crippen molar-refractivity contribution in [1.29, 1.82) is 0 Å². The second-order valence-electron chi connectivity index (χ2n) is 6.85. The van der Waals surface area contributed by atoms with Gasteiger partial charge in [-0.15, -0.1) is 11.3 Å². The van der Waals surface area contributed by atoms with Crippen LogP contribution in [0, 0.1) is 13.8 Å². The minimum absolute atomic E-state index is 0.0550. The van der Waals surface area contributed by atoms with Crippen LogP contribution in [0.25, 0.3) is 11.3 Å². The van der Waals surface area contributed by atoms with Gasteiger partial charge in [-0.2, -0.15) is 0 Å². The first-order valence-electron chi connectivity index (χ1n) is 9.33. The molecule has 0 spiro atoms. The number of carbonyl (C=O) groups is 2.